The number of piperazine rings is 2. The molecule has 2 saturated heterocycles. The molecule has 2 aliphatic rings. The van der Waals surface area contributed by atoms with E-state index in [-0.39, 0.29) is 5.82 Å². The van der Waals surface area contributed by atoms with Crippen LogP contribution in [0.15, 0.2) is 36.7 Å². The Morgan fingerprint density at radius 1 is 0.815 bits per heavy atom. The predicted octanol–water partition coefficient (Wildman–Crippen LogP) is 2.08. The lowest BCUT2D eigenvalue weighted by atomic mass is 10.2. The topological polar surface area (TPSA) is 38.7 Å². The molecule has 144 valence electrons. The third-order valence-corrected chi connectivity index (χ3v) is 5.58. The van der Waals surface area contributed by atoms with Crippen LogP contribution in [-0.4, -0.2) is 73.8 Å². The number of benzene rings is 1. The summed E-state index contributed by atoms with van der Waals surface area (Å²) >= 11 is 0. The number of likely N-dealkylation sites (N-methyl/N-ethyl adjacent to an activating group) is 1. The Hall–Kier alpha value is -2.41. The lowest BCUT2D eigenvalue weighted by molar-refractivity contribution is 0.270. The van der Waals surface area contributed by atoms with Gasteiger partial charge in [-0.1, -0.05) is 19.1 Å². The maximum atomic E-state index is 14.0. The number of nitrogens with zero attached hydrogens (tertiary/aromatic N) is 6. The van der Waals surface area contributed by atoms with Gasteiger partial charge in [-0.15, -0.1) is 0 Å². The van der Waals surface area contributed by atoms with Crippen molar-refractivity contribution in [3.63, 3.8) is 0 Å². The highest BCUT2D eigenvalue weighted by atomic mass is 19.1. The van der Waals surface area contributed by atoms with Crippen molar-refractivity contribution in [2.75, 3.05) is 73.6 Å². The molecule has 0 atom stereocenters. The first-order valence-corrected chi connectivity index (χ1v) is 9.78. The maximum absolute atomic E-state index is 14.0. The summed E-state index contributed by atoms with van der Waals surface area (Å²) in [5.74, 6) is 1.82. The molecule has 0 radical (unpaired) electrons. The average molecular weight is 370 g/mol. The summed E-state index contributed by atoms with van der Waals surface area (Å²) in [5.41, 5.74) is 0.689. The second kappa shape index (κ2) is 8.08. The normalized spacial score (nSPS) is 18.8. The molecule has 1 aromatic carbocycles. The summed E-state index contributed by atoms with van der Waals surface area (Å²) in [5, 5.41) is 0. The maximum Gasteiger partial charge on any atom is 0.146 e. The molecule has 2 aromatic rings. The van der Waals surface area contributed by atoms with E-state index in [1.54, 1.807) is 12.4 Å². The van der Waals surface area contributed by atoms with E-state index in [4.69, 9.17) is 0 Å². The molecule has 0 unspecified atom stereocenters. The van der Waals surface area contributed by atoms with Crippen molar-refractivity contribution in [3.8, 4) is 0 Å². The molecule has 0 N–H and O–H groups in total. The SMILES string of the molecule is CCN1CCN(c2cc(N3CCN(c4ccccc4F)CC3)ncn2)CC1. The largest absolute Gasteiger partial charge is 0.366 e. The fraction of sp³-hybridized carbons (Fsp3) is 0.500. The zero-order valence-corrected chi connectivity index (χ0v) is 15.9. The summed E-state index contributed by atoms with van der Waals surface area (Å²) in [7, 11) is 0. The first-order valence-electron chi connectivity index (χ1n) is 9.78. The number of rotatable bonds is 4. The van der Waals surface area contributed by atoms with Crippen molar-refractivity contribution >= 4 is 17.3 Å². The standard InChI is InChI=1S/C20H27FN6/c1-2-24-7-9-26(10-8-24)19-15-20(23-16-22-19)27-13-11-25(12-14-27)18-6-4-3-5-17(18)21/h3-6,15-16H,2,7-14H2,1H3. The Morgan fingerprint density at radius 3 is 1.96 bits per heavy atom. The van der Waals surface area contributed by atoms with Crippen molar-refractivity contribution in [1.82, 2.24) is 14.9 Å². The van der Waals surface area contributed by atoms with Gasteiger partial charge in [-0.25, -0.2) is 14.4 Å². The minimum atomic E-state index is -0.151. The van der Waals surface area contributed by atoms with E-state index in [1.165, 1.54) is 6.07 Å². The van der Waals surface area contributed by atoms with Gasteiger partial charge in [0.05, 0.1) is 5.69 Å². The van der Waals surface area contributed by atoms with Crippen molar-refractivity contribution in [2.24, 2.45) is 0 Å². The second-order valence-electron chi connectivity index (χ2n) is 7.08. The molecule has 0 bridgehead atoms. The quantitative estimate of drug-likeness (QED) is 0.821. The Balaban J connectivity index is 1.40. The highest BCUT2D eigenvalue weighted by molar-refractivity contribution is 5.53. The number of halogens is 1. The zero-order chi connectivity index (χ0) is 18.6. The molecule has 27 heavy (non-hydrogen) atoms. The van der Waals surface area contributed by atoms with Gasteiger partial charge in [0, 0.05) is 58.4 Å². The summed E-state index contributed by atoms with van der Waals surface area (Å²) in [6, 6.07) is 9.10. The van der Waals surface area contributed by atoms with Crippen LogP contribution in [0.1, 0.15) is 6.92 Å². The highest BCUT2D eigenvalue weighted by Gasteiger charge is 2.22. The number of hydrogen-bond donors (Lipinski definition) is 0. The number of hydrogen-bond acceptors (Lipinski definition) is 6. The molecule has 0 saturated carbocycles. The molecular weight excluding hydrogens is 343 g/mol. The van der Waals surface area contributed by atoms with Gasteiger partial charge in [-0.2, -0.15) is 0 Å². The van der Waals surface area contributed by atoms with Gasteiger partial charge in [-0.3, -0.25) is 0 Å². The minimum absolute atomic E-state index is 0.151. The Bertz CT molecular complexity index is 754. The van der Waals surface area contributed by atoms with Gasteiger partial charge in [0.1, 0.15) is 23.8 Å². The first kappa shape index (κ1) is 18.0. The fourth-order valence-electron chi connectivity index (χ4n) is 3.86. The zero-order valence-electron chi connectivity index (χ0n) is 15.9. The fourth-order valence-corrected chi connectivity index (χ4v) is 3.86. The highest BCUT2D eigenvalue weighted by Crippen LogP contribution is 2.23. The Kier molecular flexibility index (Phi) is 5.38. The molecule has 1 aromatic heterocycles. The van der Waals surface area contributed by atoms with Crippen LogP contribution in [0.25, 0.3) is 0 Å². The van der Waals surface area contributed by atoms with E-state index in [0.29, 0.717) is 5.69 Å². The van der Waals surface area contributed by atoms with Crippen molar-refractivity contribution in [1.29, 1.82) is 0 Å². The lowest BCUT2D eigenvalue weighted by Gasteiger charge is -2.37. The minimum Gasteiger partial charge on any atom is -0.366 e. The summed E-state index contributed by atoms with van der Waals surface area (Å²) in [4.78, 5) is 18.2. The van der Waals surface area contributed by atoms with E-state index in [9.17, 15) is 4.39 Å². The second-order valence-corrected chi connectivity index (χ2v) is 7.08. The third-order valence-electron chi connectivity index (χ3n) is 5.58. The van der Waals surface area contributed by atoms with Crippen LogP contribution in [0.3, 0.4) is 0 Å². The Morgan fingerprint density at radius 2 is 1.37 bits per heavy atom. The van der Waals surface area contributed by atoms with Crippen LogP contribution in [0.5, 0.6) is 0 Å². The van der Waals surface area contributed by atoms with Gasteiger partial charge < -0.3 is 19.6 Å². The van der Waals surface area contributed by atoms with E-state index in [1.807, 2.05) is 12.1 Å². The predicted molar refractivity (Wildman–Crippen MR) is 107 cm³/mol. The van der Waals surface area contributed by atoms with Gasteiger partial charge in [0.2, 0.25) is 0 Å². The number of aromatic nitrogens is 2. The summed E-state index contributed by atoms with van der Waals surface area (Å²) in [6.45, 7) is 10.7. The molecule has 2 fully saturated rings. The van der Waals surface area contributed by atoms with Gasteiger partial charge in [0.25, 0.3) is 0 Å². The Labute approximate surface area is 160 Å². The van der Waals surface area contributed by atoms with Gasteiger partial charge in [-0.05, 0) is 18.7 Å². The molecule has 4 rings (SSSR count). The van der Waals surface area contributed by atoms with Crippen LogP contribution >= 0.6 is 0 Å². The van der Waals surface area contributed by atoms with Crippen LogP contribution in [0.4, 0.5) is 21.7 Å². The van der Waals surface area contributed by atoms with Gasteiger partial charge >= 0.3 is 0 Å². The molecule has 6 nitrogen and oxygen atoms in total. The third kappa shape index (κ3) is 3.98. The van der Waals surface area contributed by atoms with Crippen molar-refractivity contribution < 1.29 is 4.39 Å². The van der Waals surface area contributed by atoms with Crippen LogP contribution < -0.4 is 14.7 Å². The number of anilines is 3. The molecule has 2 aliphatic heterocycles. The average Bonchev–Trinajstić information content (AvgIpc) is 2.74. The smallest absolute Gasteiger partial charge is 0.146 e. The number of para-hydroxylation sites is 1. The van der Waals surface area contributed by atoms with E-state index >= 15 is 0 Å². The molecule has 7 heteroatoms. The van der Waals surface area contributed by atoms with Crippen LogP contribution in [0.2, 0.25) is 0 Å². The van der Waals surface area contributed by atoms with Crippen molar-refractivity contribution in [3.05, 3.63) is 42.5 Å². The molecule has 0 aliphatic carbocycles. The molecular formula is C20H27FN6. The van der Waals surface area contributed by atoms with Gasteiger partial charge in [0.15, 0.2) is 0 Å². The summed E-state index contributed by atoms with van der Waals surface area (Å²) < 4.78 is 14.0. The monoisotopic (exact) mass is 370 g/mol. The van der Waals surface area contributed by atoms with E-state index < -0.39 is 0 Å². The van der Waals surface area contributed by atoms with Crippen LogP contribution in [-0.2, 0) is 0 Å². The molecule has 0 amide bonds. The van der Waals surface area contributed by atoms with Crippen molar-refractivity contribution in [2.45, 2.75) is 6.92 Å². The van der Waals surface area contributed by atoms with Crippen LogP contribution in [0, 0.1) is 5.82 Å². The van der Waals surface area contributed by atoms with E-state index in [2.05, 4.69) is 42.6 Å². The summed E-state index contributed by atoms with van der Waals surface area (Å²) in [6.07, 6.45) is 1.67. The first-order chi connectivity index (χ1) is 13.2. The van der Waals surface area contributed by atoms with E-state index in [0.717, 1.165) is 70.5 Å². The molecule has 3 heterocycles. The molecule has 0 spiro atoms. The lowest BCUT2D eigenvalue weighted by Crippen LogP contribution is -2.48.